The van der Waals surface area contributed by atoms with Crippen LogP contribution in [0.3, 0.4) is 0 Å². The number of hydrogen-bond acceptors (Lipinski definition) is 8. The molecular formula is C26H20N2O7. The molecule has 4 rings (SSSR count). The second kappa shape index (κ2) is 10.0. The van der Waals surface area contributed by atoms with Gasteiger partial charge in [0.05, 0.1) is 17.1 Å². The van der Waals surface area contributed by atoms with E-state index in [1.807, 2.05) is 0 Å². The SMILES string of the molecule is CCOc1cc(/C=C2\N=C(c3cccc([N+](=O)[O-])c3C)OC2=O)ccc1OC(=O)c1ccccc1. The number of cyclic esters (lactones) is 1. The maximum absolute atomic E-state index is 12.4. The molecule has 1 aliphatic rings. The molecule has 0 fully saturated rings. The summed E-state index contributed by atoms with van der Waals surface area (Å²) in [6.45, 7) is 3.68. The average Bonchev–Trinajstić information content (AvgIpc) is 3.21. The third-order valence-corrected chi connectivity index (χ3v) is 5.14. The third kappa shape index (κ3) is 5.09. The van der Waals surface area contributed by atoms with E-state index < -0.39 is 16.9 Å². The first-order chi connectivity index (χ1) is 16.9. The molecule has 0 radical (unpaired) electrons. The number of aliphatic imine (C=N–C) groups is 1. The fourth-order valence-corrected chi connectivity index (χ4v) is 3.44. The molecule has 0 saturated carbocycles. The van der Waals surface area contributed by atoms with Crippen LogP contribution in [0.15, 0.2) is 77.4 Å². The van der Waals surface area contributed by atoms with Gasteiger partial charge >= 0.3 is 11.9 Å². The first kappa shape index (κ1) is 23.4. The fourth-order valence-electron chi connectivity index (χ4n) is 3.44. The number of nitro groups is 1. The van der Waals surface area contributed by atoms with E-state index in [0.29, 0.717) is 34.6 Å². The van der Waals surface area contributed by atoms with Gasteiger partial charge in [-0.05, 0) is 55.8 Å². The maximum Gasteiger partial charge on any atom is 0.363 e. The number of hydrogen-bond donors (Lipinski definition) is 0. The minimum Gasteiger partial charge on any atom is -0.490 e. The van der Waals surface area contributed by atoms with E-state index in [1.165, 1.54) is 18.2 Å². The van der Waals surface area contributed by atoms with Gasteiger partial charge in [-0.2, -0.15) is 0 Å². The van der Waals surface area contributed by atoms with Crippen molar-refractivity contribution >= 4 is 29.6 Å². The molecule has 1 aliphatic heterocycles. The van der Waals surface area contributed by atoms with Crippen LogP contribution in [-0.2, 0) is 9.53 Å². The minimum atomic E-state index is -0.691. The Balaban J connectivity index is 1.63. The Kier molecular flexibility index (Phi) is 6.68. The molecule has 0 amide bonds. The number of carbonyl (C=O) groups excluding carboxylic acids is 2. The molecule has 0 atom stereocenters. The van der Waals surface area contributed by atoms with Crippen LogP contribution in [0.2, 0.25) is 0 Å². The summed E-state index contributed by atoms with van der Waals surface area (Å²) in [5.41, 5.74) is 1.57. The molecule has 9 nitrogen and oxygen atoms in total. The Labute approximate surface area is 200 Å². The average molecular weight is 472 g/mol. The smallest absolute Gasteiger partial charge is 0.363 e. The standard InChI is InChI=1S/C26H20N2O7/c1-3-33-23-15-17(12-13-22(23)34-25(29)18-8-5-4-6-9-18)14-20-26(30)35-24(27-20)19-10-7-11-21(16(19)2)28(31)32/h4-15H,3H2,1-2H3/b20-14-. The van der Waals surface area contributed by atoms with Gasteiger partial charge in [0.25, 0.3) is 5.69 Å². The third-order valence-electron chi connectivity index (χ3n) is 5.14. The molecule has 3 aromatic rings. The van der Waals surface area contributed by atoms with Crippen molar-refractivity contribution in [2.24, 2.45) is 4.99 Å². The number of nitrogens with zero attached hydrogens (tertiary/aromatic N) is 2. The first-order valence-electron chi connectivity index (χ1n) is 10.7. The van der Waals surface area contributed by atoms with Crippen LogP contribution in [0, 0.1) is 17.0 Å². The van der Waals surface area contributed by atoms with E-state index in [4.69, 9.17) is 14.2 Å². The minimum absolute atomic E-state index is 0.0131. The van der Waals surface area contributed by atoms with Gasteiger partial charge in [0.1, 0.15) is 0 Å². The van der Waals surface area contributed by atoms with E-state index in [-0.39, 0.29) is 23.0 Å². The van der Waals surface area contributed by atoms with Gasteiger partial charge in [0, 0.05) is 17.2 Å². The van der Waals surface area contributed by atoms with Gasteiger partial charge in [-0.25, -0.2) is 14.6 Å². The molecule has 0 N–H and O–H groups in total. The van der Waals surface area contributed by atoms with Crippen LogP contribution < -0.4 is 9.47 Å². The lowest BCUT2D eigenvalue weighted by Crippen LogP contribution is -2.09. The van der Waals surface area contributed by atoms with Crippen molar-refractivity contribution < 1.29 is 28.7 Å². The lowest BCUT2D eigenvalue weighted by atomic mass is 10.1. The molecule has 0 saturated heterocycles. The van der Waals surface area contributed by atoms with Gasteiger partial charge in [-0.1, -0.05) is 30.3 Å². The summed E-state index contributed by atoms with van der Waals surface area (Å²) in [7, 11) is 0. The topological polar surface area (TPSA) is 117 Å². The molecule has 0 unspecified atom stereocenters. The molecule has 35 heavy (non-hydrogen) atoms. The van der Waals surface area contributed by atoms with Crippen molar-refractivity contribution in [2.45, 2.75) is 13.8 Å². The Morgan fingerprint density at radius 3 is 2.57 bits per heavy atom. The van der Waals surface area contributed by atoms with Crippen molar-refractivity contribution in [3.63, 3.8) is 0 Å². The summed E-state index contributed by atoms with van der Waals surface area (Å²) in [5, 5.41) is 11.2. The number of esters is 2. The Morgan fingerprint density at radius 1 is 1.09 bits per heavy atom. The van der Waals surface area contributed by atoms with Crippen molar-refractivity contribution in [3.8, 4) is 11.5 Å². The van der Waals surface area contributed by atoms with Crippen molar-refractivity contribution in [1.29, 1.82) is 0 Å². The predicted octanol–water partition coefficient (Wildman–Crippen LogP) is 4.87. The second-order valence-corrected chi connectivity index (χ2v) is 7.44. The van der Waals surface area contributed by atoms with E-state index >= 15 is 0 Å². The van der Waals surface area contributed by atoms with Crippen molar-refractivity contribution in [3.05, 3.63) is 105 Å². The lowest BCUT2D eigenvalue weighted by molar-refractivity contribution is -0.385. The van der Waals surface area contributed by atoms with E-state index in [9.17, 15) is 19.7 Å². The van der Waals surface area contributed by atoms with Crippen LogP contribution >= 0.6 is 0 Å². The summed E-state index contributed by atoms with van der Waals surface area (Å²) in [6.07, 6.45) is 1.49. The molecular weight excluding hydrogens is 452 g/mol. The van der Waals surface area contributed by atoms with Crippen molar-refractivity contribution in [2.75, 3.05) is 6.61 Å². The number of benzene rings is 3. The summed E-state index contributed by atoms with van der Waals surface area (Å²) >= 11 is 0. The zero-order chi connectivity index (χ0) is 24.9. The summed E-state index contributed by atoms with van der Waals surface area (Å²) in [4.78, 5) is 39.8. The van der Waals surface area contributed by atoms with Crippen LogP contribution in [0.1, 0.15) is 34.0 Å². The Bertz CT molecular complexity index is 1380. The summed E-state index contributed by atoms with van der Waals surface area (Å²) in [5.74, 6) is -0.688. The predicted molar refractivity (Wildman–Crippen MR) is 127 cm³/mol. The molecule has 0 aromatic heterocycles. The molecule has 0 aliphatic carbocycles. The molecule has 176 valence electrons. The summed E-state index contributed by atoms with van der Waals surface area (Å²) in [6, 6.07) is 17.8. The maximum atomic E-state index is 12.4. The monoisotopic (exact) mass is 472 g/mol. The summed E-state index contributed by atoms with van der Waals surface area (Å²) < 4.78 is 16.4. The number of carbonyl (C=O) groups is 2. The van der Waals surface area contributed by atoms with E-state index in [2.05, 4.69) is 4.99 Å². The molecule has 9 heteroatoms. The van der Waals surface area contributed by atoms with Crippen LogP contribution in [0.25, 0.3) is 6.08 Å². The first-order valence-corrected chi connectivity index (χ1v) is 10.7. The highest BCUT2D eigenvalue weighted by Gasteiger charge is 2.27. The number of ether oxygens (including phenoxy) is 3. The van der Waals surface area contributed by atoms with Crippen LogP contribution in [0.5, 0.6) is 11.5 Å². The van der Waals surface area contributed by atoms with Crippen LogP contribution in [0.4, 0.5) is 5.69 Å². The van der Waals surface area contributed by atoms with Crippen molar-refractivity contribution in [1.82, 2.24) is 0 Å². The molecule has 0 spiro atoms. The zero-order valence-electron chi connectivity index (χ0n) is 18.9. The quantitative estimate of drug-likeness (QED) is 0.158. The molecule has 3 aromatic carbocycles. The zero-order valence-corrected chi connectivity index (χ0v) is 18.9. The van der Waals surface area contributed by atoms with E-state index in [1.54, 1.807) is 68.4 Å². The largest absolute Gasteiger partial charge is 0.490 e. The second-order valence-electron chi connectivity index (χ2n) is 7.44. The number of nitro benzene ring substituents is 1. The van der Waals surface area contributed by atoms with Crippen LogP contribution in [-0.4, -0.2) is 29.4 Å². The van der Waals surface area contributed by atoms with Gasteiger partial charge in [-0.3, -0.25) is 10.1 Å². The molecule has 0 bridgehead atoms. The van der Waals surface area contributed by atoms with Gasteiger partial charge in [0.15, 0.2) is 17.2 Å². The lowest BCUT2D eigenvalue weighted by Gasteiger charge is -2.11. The van der Waals surface area contributed by atoms with Gasteiger partial charge in [0.2, 0.25) is 5.90 Å². The molecule has 1 heterocycles. The van der Waals surface area contributed by atoms with Gasteiger partial charge in [-0.15, -0.1) is 0 Å². The highest BCUT2D eigenvalue weighted by Crippen LogP contribution is 2.31. The Morgan fingerprint density at radius 2 is 1.86 bits per heavy atom. The fraction of sp³-hybridized carbons (Fsp3) is 0.115. The number of rotatable bonds is 7. The normalized spacial score (nSPS) is 13.8. The Hall–Kier alpha value is -4.79. The highest BCUT2D eigenvalue weighted by atomic mass is 16.6. The van der Waals surface area contributed by atoms with E-state index in [0.717, 1.165) is 0 Å². The van der Waals surface area contributed by atoms with Gasteiger partial charge < -0.3 is 14.2 Å². The highest BCUT2D eigenvalue weighted by molar-refractivity contribution is 6.13.